The predicted octanol–water partition coefficient (Wildman–Crippen LogP) is 3.24. The van der Waals surface area contributed by atoms with Gasteiger partial charge in [0.25, 0.3) is 0 Å². The summed E-state index contributed by atoms with van der Waals surface area (Å²) in [4.78, 5) is 0.235. The summed E-state index contributed by atoms with van der Waals surface area (Å²) in [7, 11) is -5.58. The van der Waals surface area contributed by atoms with Gasteiger partial charge in [0.2, 0.25) is 10.0 Å². The maximum Gasteiger partial charge on any atom is 0.236 e. The summed E-state index contributed by atoms with van der Waals surface area (Å²) in [5, 5.41) is 0.596. The van der Waals surface area contributed by atoms with Crippen molar-refractivity contribution < 1.29 is 21.6 Å². The van der Waals surface area contributed by atoms with Crippen molar-refractivity contribution in [3.05, 3.63) is 65.1 Å². The molecule has 1 heterocycles. The number of rotatable bonds is 6. The molecule has 6 nitrogen and oxygen atoms in total. The van der Waals surface area contributed by atoms with Crippen LogP contribution in [-0.4, -0.2) is 46.6 Å². The van der Waals surface area contributed by atoms with Crippen LogP contribution in [0.25, 0.3) is 6.08 Å². The van der Waals surface area contributed by atoms with Crippen molar-refractivity contribution in [3.63, 3.8) is 0 Å². The molecule has 0 N–H and O–H groups in total. The molecule has 29 heavy (non-hydrogen) atoms. The highest BCUT2D eigenvalue weighted by Crippen LogP contribution is 2.27. The Morgan fingerprint density at radius 3 is 2.07 bits per heavy atom. The second kappa shape index (κ2) is 8.69. The number of aryl methyl sites for hydroxylation is 1. The monoisotopic (exact) mass is 435 g/mol. The normalized spacial score (nSPS) is 16.9. The van der Waals surface area contributed by atoms with Crippen LogP contribution in [0, 0.1) is 6.92 Å². The Morgan fingerprint density at radius 2 is 1.52 bits per heavy atom. The molecule has 1 saturated heterocycles. The summed E-state index contributed by atoms with van der Waals surface area (Å²) in [5.41, 5.74) is 1.90. The summed E-state index contributed by atoms with van der Waals surface area (Å²) >= 11 is 0. The van der Waals surface area contributed by atoms with Gasteiger partial charge in [-0.15, -0.1) is 0 Å². The van der Waals surface area contributed by atoms with Crippen molar-refractivity contribution in [3.8, 4) is 5.75 Å². The Morgan fingerprint density at radius 1 is 0.931 bits per heavy atom. The minimum Gasteiger partial charge on any atom is -0.497 e. The van der Waals surface area contributed by atoms with Gasteiger partial charge in [0.15, 0.2) is 9.84 Å². The van der Waals surface area contributed by atoms with Crippen LogP contribution in [0.15, 0.2) is 58.8 Å². The molecule has 1 aliphatic heterocycles. The van der Waals surface area contributed by atoms with Gasteiger partial charge in [-0.3, -0.25) is 0 Å². The molecule has 0 aromatic heterocycles. The van der Waals surface area contributed by atoms with E-state index in [1.807, 2.05) is 31.2 Å². The number of sulfone groups is 1. The number of piperidine rings is 1. The molecule has 2 aromatic rings. The van der Waals surface area contributed by atoms with Crippen molar-refractivity contribution >= 4 is 25.9 Å². The predicted molar refractivity (Wildman–Crippen MR) is 114 cm³/mol. The average molecular weight is 436 g/mol. The Bertz CT molecular complexity index is 1060. The van der Waals surface area contributed by atoms with Gasteiger partial charge in [0.1, 0.15) is 5.75 Å². The van der Waals surface area contributed by atoms with Gasteiger partial charge in [0, 0.05) is 18.5 Å². The van der Waals surface area contributed by atoms with Gasteiger partial charge in [-0.2, -0.15) is 4.31 Å². The fourth-order valence-electron chi connectivity index (χ4n) is 3.28. The van der Waals surface area contributed by atoms with E-state index in [-0.39, 0.29) is 30.8 Å². The number of hydrogen-bond donors (Lipinski definition) is 0. The highest BCUT2D eigenvalue weighted by molar-refractivity contribution is 7.92. The number of benzene rings is 2. The van der Waals surface area contributed by atoms with E-state index in [0.29, 0.717) is 5.75 Å². The van der Waals surface area contributed by atoms with Gasteiger partial charge in [-0.1, -0.05) is 29.8 Å². The van der Waals surface area contributed by atoms with E-state index < -0.39 is 25.1 Å². The first-order valence-corrected chi connectivity index (χ1v) is 12.4. The van der Waals surface area contributed by atoms with Crippen molar-refractivity contribution in [2.75, 3.05) is 20.2 Å². The molecule has 1 fully saturated rings. The molecule has 0 aliphatic carbocycles. The molecule has 0 saturated carbocycles. The zero-order valence-electron chi connectivity index (χ0n) is 16.5. The molecule has 0 radical (unpaired) electrons. The second-order valence-corrected chi connectivity index (χ2v) is 11.1. The van der Waals surface area contributed by atoms with E-state index in [9.17, 15) is 16.8 Å². The fourth-order valence-corrected chi connectivity index (χ4v) is 6.24. The molecule has 0 bridgehead atoms. The summed E-state index contributed by atoms with van der Waals surface area (Å²) in [6.07, 6.45) is 2.10. The quantitative estimate of drug-likeness (QED) is 0.696. The molecule has 2 aromatic carbocycles. The average Bonchev–Trinajstić information content (AvgIpc) is 2.73. The van der Waals surface area contributed by atoms with Crippen LogP contribution in [0.3, 0.4) is 0 Å². The van der Waals surface area contributed by atoms with Crippen LogP contribution < -0.4 is 4.74 Å². The van der Waals surface area contributed by atoms with E-state index in [1.165, 1.54) is 29.0 Å². The SMILES string of the molecule is COc1ccc(S(=O)(=O)C2CCN(S(=O)(=O)/C=C/c3ccc(C)cc3)CC2)cc1. The van der Waals surface area contributed by atoms with Crippen LogP contribution >= 0.6 is 0 Å². The largest absolute Gasteiger partial charge is 0.497 e. The zero-order chi connectivity index (χ0) is 21.1. The lowest BCUT2D eigenvalue weighted by Gasteiger charge is -2.30. The third kappa shape index (κ3) is 5.07. The summed E-state index contributed by atoms with van der Waals surface area (Å²) in [6, 6.07) is 13.8. The van der Waals surface area contributed by atoms with Gasteiger partial charge in [-0.05, 0) is 55.7 Å². The van der Waals surface area contributed by atoms with Crippen LogP contribution in [0.5, 0.6) is 5.75 Å². The van der Waals surface area contributed by atoms with Gasteiger partial charge < -0.3 is 4.74 Å². The van der Waals surface area contributed by atoms with E-state index in [4.69, 9.17) is 4.74 Å². The van der Waals surface area contributed by atoms with Crippen molar-refractivity contribution in [2.45, 2.75) is 29.9 Å². The first-order valence-electron chi connectivity index (χ1n) is 9.35. The number of sulfonamides is 1. The first-order chi connectivity index (χ1) is 13.7. The minimum absolute atomic E-state index is 0.181. The number of hydrogen-bond acceptors (Lipinski definition) is 5. The topological polar surface area (TPSA) is 80.8 Å². The van der Waals surface area contributed by atoms with E-state index in [0.717, 1.165) is 11.1 Å². The number of ether oxygens (including phenoxy) is 1. The summed E-state index contributed by atoms with van der Waals surface area (Å²) in [6.45, 7) is 2.33. The van der Waals surface area contributed by atoms with Gasteiger partial charge >= 0.3 is 0 Å². The molecule has 1 aliphatic rings. The lowest BCUT2D eigenvalue weighted by atomic mass is 10.2. The van der Waals surface area contributed by atoms with Gasteiger partial charge in [-0.25, -0.2) is 16.8 Å². The molecule has 156 valence electrons. The third-order valence-corrected chi connectivity index (χ3v) is 8.94. The maximum atomic E-state index is 12.9. The van der Waals surface area contributed by atoms with E-state index in [2.05, 4.69) is 0 Å². The highest BCUT2D eigenvalue weighted by Gasteiger charge is 2.34. The Hall–Kier alpha value is -2.16. The van der Waals surface area contributed by atoms with E-state index in [1.54, 1.807) is 18.2 Å². The molecule has 0 unspecified atom stereocenters. The molecular weight excluding hydrogens is 410 g/mol. The number of methoxy groups -OCH3 is 1. The molecule has 0 spiro atoms. The van der Waals surface area contributed by atoms with Crippen LogP contribution in [0.4, 0.5) is 0 Å². The van der Waals surface area contributed by atoms with E-state index >= 15 is 0 Å². The molecule has 0 atom stereocenters. The van der Waals surface area contributed by atoms with Crippen molar-refractivity contribution in [1.82, 2.24) is 4.31 Å². The molecular formula is C21H25NO5S2. The van der Waals surface area contributed by atoms with Crippen molar-refractivity contribution in [1.29, 1.82) is 0 Å². The number of nitrogens with zero attached hydrogens (tertiary/aromatic N) is 1. The first kappa shape index (κ1) is 21.5. The Labute approximate surface area is 172 Å². The summed E-state index contributed by atoms with van der Waals surface area (Å²) in [5.74, 6) is 0.588. The molecule has 3 rings (SSSR count). The Balaban J connectivity index is 1.66. The fraction of sp³-hybridized carbons (Fsp3) is 0.333. The van der Waals surface area contributed by atoms with Crippen LogP contribution in [0.1, 0.15) is 24.0 Å². The zero-order valence-corrected chi connectivity index (χ0v) is 18.1. The standard InChI is InChI=1S/C21H25NO5S2/c1-17-3-5-18(6-4-17)13-16-28(23,24)22-14-11-21(12-15-22)29(25,26)20-9-7-19(27-2)8-10-20/h3-10,13,16,21H,11-12,14-15H2,1-2H3/b16-13+. The lowest BCUT2D eigenvalue weighted by Crippen LogP contribution is -2.41. The van der Waals surface area contributed by atoms with Crippen LogP contribution in [0.2, 0.25) is 0 Å². The maximum absolute atomic E-state index is 12.9. The van der Waals surface area contributed by atoms with Crippen molar-refractivity contribution in [2.24, 2.45) is 0 Å². The summed E-state index contributed by atoms with van der Waals surface area (Å²) < 4.78 is 57.3. The molecule has 8 heteroatoms. The van der Waals surface area contributed by atoms with Gasteiger partial charge in [0.05, 0.1) is 17.3 Å². The minimum atomic E-state index is -3.59. The molecule has 0 amide bonds. The highest BCUT2D eigenvalue weighted by atomic mass is 32.2. The lowest BCUT2D eigenvalue weighted by molar-refractivity contribution is 0.349. The Kier molecular flexibility index (Phi) is 6.45. The third-order valence-electron chi connectivity index (χ3n) is 5.10. The second-order valence-electron chi connectivity index (χ2n) is 7.08. The smallest absolute Gasteiger partial charge is 0.236 e. The van der Waals surface area contributed by atoms with Crippen LogP contribution in [-0.2, 0) is 19.9 Å².